The van der Waals surface area contributed by atoms with Gasteiger partial charge in [0.2, 0.25) is 0 Å². The molecular weight excluding hydrogens is 219 g/mol. The van der Waals surface area contributed by atoms with Gasteiger partial charge in [-0.2, -0.15) is 13.2 Å². The normalized spacial score (nSPS) is 22.1. The molecule has 0 aliphatic heterocycles. The van der Waals surface area contributed by atoms with E-state index < -0.39 is 12.7 Å². The van der Waals surface area contributed by atoms with Gasteiger partial charge in [-0.25, -0.2) is 0 Å². The molecule has 0 radical (unpaired) electrons. The van der Waals surface area contributed by atoms with Crippen LogP contribution in [0.3, 0.4) is 0 Å². The highest BCUT2D eigenvalue weighted by molar-refractivity contribution is 5.83. The van der Waals surface area contributed by atoms with Gasteiger partial charge in [0, 0.05) is 18.9 Å². The molecule has 1 unspecified atom stereocenters. The van der Waals surface area contributed by atoms with Crippen molar-refractivity contribution >= 4 is 5.78 Å². The smallest absolute Gasteiger partial charge is 0.299 e. The molecular formula is C11H18F3NO. The van der Waals surface area contributed by atoms with Crippen molar-refractivity contribution < 1.29 is 18.0 Å². The molecule has 1 atom stereocenters. The van der Waals surface area contributed by atoms with Crippen molar-refractivity contribution in [2.24, 2.45) is 5.92 Å². The van der Waals surface area contributed by atoms with Gasteiger partial charge in [0.05, 0.1) is 6.54 Å². The monoisotopic (exact) mass is 237 g/mol. The highest BCUT2D eigenvalue weighted by atomic mass is 19.4. The van der Waals surface area contributed by atoms with Gasteiger partial charge in [0.1, 0.15) is 5.78 Å². The Balaban J connectivity index is 2.47. The van der Waals surface area contributed by atoms with Gasteiger partial charge in [0.25, 0.3) is 0 Å². The lowest BCUT2D eigenvalue weighted by atomic mass is 10.1. The van der Waals surface area contributed by atoms with E-state index in [4.69, 9.17) is 0 Å². The molecule has 1 saturated carbocycles. The fraction of sp³-hybridized carbons (Fsp3) is 0.909. The Morgan fingerprint density at radius 3 is 2.56 bits per heavy atom. The molecule has 0 spiro atoms. The van der Waals surface area contributed by atoms with Crippen LogP contribution in [0.2, 0.25) is 0 Å². The van der Waals surface area contributed by atoms with E-state index in [0.29, 0.717) is 19.4 Å². The number of carbonyl (C=O) groups is 1. The maximum absolute atomic E-state index is 12.3. The number of hydrogen-bond donors (Lipinski definition) is 0. The summed E-state index contributed by atoms with van der Waals surface area (Å²) in [6.07, 6.45) is -1.38. The zero-order chi connectivity index (χ0) is 12.2. The summed E-state index contributed by atoms with van der Waals surface area (Å²) in [5.41, 5.74) is 0. The van der Waals surface area contributed by atoms with Gasteiger partial charge in [0.15, 0.2) is 0 Å². The molecule has 0 aromatic carbocycles. The predicted molar refractivity (Wildman–Crippen MR) is 55.1 cm³/mol. The largest absolute Gasteiger partial charge is 0.401 e. The second-order valence-corrected chi connectivity index (χ2v) is 4.41. The number of halogens is 3. The van der Waals surface area contributed by atoms with Crippen LogP contribution in [0.15, 0.2) is 0 Å². The molecule has 0 bridgehead atoms. The van der Waals surface area contributed by atoms with Gasteiger partial charge in [-0.3, -0.25) is 9.69 Å². The molecule has 0 heterocycles. The minimum absolute atomic E-state index is 0.128. The summed E-state index contributed by atoms with van der Waals surface area (Å²) in [6.45, 7) is 1.62. The van der Waals surface area contributed by atoms with Crippen molar-refractivity contribution in [1.82, 2.24) is 4.90 Å². The molecule has 94 valence electrons. The minimum atomic E-state index is -4.17. The molecule has 0 amide bonds. The van der Waals surface area contributed by atoms with E-state index in [-0.39, 0.29) is 18.2 Å². The fourth-order valence-corrected chi connectivity index (χ4v) is 2.20. The van der Waals surface area contributed by atoms with E-state index >= 15 is 0 Å². The second kappa shape index (κ2) is 5.66. The Labute approximate surface area is 93.8 Å². The average Bonchev–Trinajstić information content (AvgIpc) is 2.49. The Hall–Kier alpha value is -0.580. The third-order valence-corrected chi connectivity index (χ3v) is 2.85. The van der Waals surface area contributed by atoms with E-state index in [1.165, 1.54) is 4.90 Å². The van der Waals surface area contributed by atoms with E-state index in [1.807, 2.05) is 6.92 Å². The van der Waals surface area contributed by atoms with Crippen LogP contribution in [0.25, 0.3) is 0 Å². The number of ketones is 1. The lowest BCUT2D eigenvalue weighted by Gasteiger charge is -2.25. The van der Waals surface area contributed by atoms with Crippen molar-refractivity contribution in [1.29, 1.82) is 0 Å². The first kappa shape index (κ1) is 13.5. The molecule has 0 aromatic heterocycles. The summed E-state index contributed by atoms with van der Waals surface area (Å²) in [4.78, 5) is 12.7. The number of rotatable bonds is 5. The van der Waals surface area contributed by atoms with Crippen molar-refractivity contribution in [2.75, 3.05) is 19.6 Å². The Kier molecular flexibility index (Phi) is 4.77. The molecule has 1 aliphatic rings. The van der Waals surface area contributed by atoms with Crippen molar-refractivity contribution in [3.8, 4) is 0 Å². The maximum Gasteiger partial charge on any atom is 0.401 e. The van der Waals surface area contributed by atoms with Crippen molar-refractivity contribution in [3.63, 3.8) is 0 Å². The van der Waals surface area contributed by atoms with Crippen LogP contribution >= 0.6 is 0 Å². The zero-order valence-corrected chi connectivity index (χ0v) is 9.52. The number of Topliss-reactive ketones (excluding diaryl/α,β-unsaturated/α-hetero) is 1. The first-order valence-electron chi connectivity index (χ1n) is 5.74. The fourth-order valence-electron chi connectivity index (χ4n) is 2.20. The highest BCUT2D eigenvalue weighted by Gasteiger charge is 2.33. The molecule has 0 aromatic rings. The highest BCUT2D eigenvalue weighted by Crippen LogP contribution is 2.24. The predicted octanol–water partition coefficient (Wildman–Crippen LogP) is 2.63. The van der Waals surface area contributed by atoms with Crippen LogP contribution in [-0.2, 0) is 4.79 Å². The van der Waals surface area contributed by atoms with Crippen LogP contribution < -0.4 is 0 Å². The third kappa shape index (κ3) is 4.51. The molecule has 2 nitrogen and oxygen atoms in total. The van der Waals surface area contributed by atoms with Gasteiger partial charge in [-0.1, -0.05) is 6.92 Å². The van der Waals surface area contributed by atoms with Gasteiger partial charge >= 0.3 is 6.18 Å². The van der Waals surface area contributed by atoms with E-state index in [0.717, 1.165) is 12.8 Å². The molecule has 0 N–H and O–H groups in total. The Morgan fingerprint density at radius 1 is 1.44 bits per heavy atom. The summed E-state index contributed by atoms with van der Waals surface area (Å²) >= 11 is 0. The molecule has 16 heavy (non-hydrogen) atoms. The SMILES string of the molecule is CCCN(CC1CCCC1=O)CC(F)(F)F. The van der Waals surface area contributed by atoms with Crippen LogP contribution in [0.1, 0.15) is 32.6 Å². The molecule has 1 fully saturated rings. The number of nitrogens with zero attached hydrogens (tertiary/aromatic N) is 1. The topological polar surface area (TPSA) is 20.3 Å². The van der Waals surface area contributed by atoms with E-state index in [1.54, 1.807) is 0 Å². The average molecular weight is 237 g/mol. The lowest BCUT2D eigenvalue weighted by molar-refractivity contribution is -0.148. The minimum Gasteiger partial charge on any atom is -0.299 e. The Morgan fingerprint density at radius 2 is 2.12 bits per heavy atom. The lowest BCUT2D eigenvalue weighted by Crippen LogP contribution is -2.38. The van der Waals surface area contributed by atoms with Crippen LogP contribution in [0, 0.1) is 5.92 Å². The van der Waals surface area contributed by atoms with Crippen LogP contribution in [0.4, 0.5) is 13.2 Å². The summed E-state index contributed by atoms with van der Waals surface area (Å²) in [6, 6.07) is 0. The number of carbonyl (C=O) groups excluding carboxylic acids is 1. The molecule has 5 heteroatoms. The summed E-state index contributed by atoms with van der Waals surface area (Å²) in [7, 11) is 0. The van der Waals surface area contributed by atoms with Crippen LogP contribution in [0.5, 0.6) is 0 Å². The molecule has 1 rings (SSSR count). The zero-order valence-electron chi connectivity index (χ0n) is 9.52. The second-order valence-electron chi connectivity index (χ2n) is 4.41. The van der Waals surface area contributed by atoms with Gasteiger partial charge in [-0.05, 0) is 25.8 Å². The van der Waals surface area contributed by atoms with Crippen LogP contribution in [-0.4, -0.2) is 36.5 Å². The number of alkyl halides is 3. The third-order valence-electron chi connectivity index (χ3n) is 2.85. The first-order valence-corrected chi connectivity index (χ1v) is 5.74. The quantitative estimate of drug-likeness (QED) is 0.732. The summed E-state index contributed by atoms with van der Waals surface area (Å²) in [5, 5.41) is 0. The molecule has 0 saturated heterocycles. The number of hydrogen-bond acceptors (Lipinski definition) is 2. The molecule has 1 aliphatic carbocycles. The maximum atomic E-state index is 12.3. The van der Waals surface area contributed by atoms with Gasteiger partial charge < -0.3 is 0 Å². The summed E-state index contributed by atoms with van der Waals surface area (Å²) < 4.78 is 36.8. The summed E-state index contributed by atoms with van der Waals surface area (Å²) in [5.74, 6) is -0.0443. The van der Waals surface area contributed by atoms with Crippen molar-refractivity contribution in [2.45, 2.75) is 38.8 Å². The standard InChI is InChI=1S/C11H18F3NO/c1-2-6-15(8-11(12,13)14)7-9-4-3-5-10(9)16/h9H,2-8H2,1H3. The Bertz CT molecular complexity index is 240. The van der Waals surface area contributed by atoms with Crippen molar-refractivity contribution in [3.05, 3.63) is 0 Å². The van der Waals surface area contributed by atoms with E-state index in [9.17, 15) is 18.0 Å². The first-order chi connectivity index (χ1) is 7.42. The van der Waals surface area contributed by atoms with Gasteiger partial charge in [-0.15, -0.1) is 0 Å². The van der Waals surface area contributed by atoms with E-state index in [2.05, 4.69) is 0 Å².